The van der Waals surface area contributed by atoms with Crippen molar-refractivity contribution in [1.82, 2.24) is 0 Å². The number of aromatic carboxylic acids is 1. The van der Waals surface area contributed by atoms with Gasteiger partial charge in [0.15, 0.2) is 0 Å². The Morgan fingerprint density at radius 3 is 2.53 bits per heavy atom. The van der Waals surface area contributed by atoms with E-state index in [2.05, 4.69) is 4.74 Å². The van der Waals surface area contributed by atoms with Crippen molar-refractivity contribution < 1.29 is 23.4 Å². The highest BCUT2D eigenvalue weighted by molar-refractivity contribution is 5.90. The molecule has 0 aliphatic rings. The Morgan fingerprint density at radius 1 is 1.47 bits per heavy atom. The highest BCUT2D eigenvalue weighted by atomic mass is 19.3. The topological polar surface area (TPSA) is 46.5 Å². The van der Waals surface area contributed by atoms with Crippen molar-refractivity contribution in [3.8, 4) is 5.75 Å². The SMILES string of the molecule is Cc1c(OC(C)(F)F)cccc1C(=O)O. The standard InChI is InChI=1S/C10H10F2O3/c1-6-7(9(13)14)4-3-5-8(6)15-10(2,11)12/h3-5H,1-2H3,(H,13,14). The van der Waals surface area contributed by atoms with Gasteiger partial charge >= 0.3 is 12.1 Å². The minimum Gasteiger partial charge on any atom is -0.478 e. The monoisotopic (exact) mass is 216 g/mol. The first-order valence-electron chi connectivity index (χ1n) is 4.21. The Hall–Kier alpha value is -1.65. The van der Waals surface area contributed by atoms with Gasteiger partial charge in [-0.2, -0.15) is 8.78 Å². The predicted molar refractivity (Wildman–Crippen MR) is 49.4 cm³/mol. The quantitative estimate of drug-likeness (QED) is 0.844. The fourth-order valence-corrected chi connectivity index (χ4v) is 1.15. The van der Waals surface area contributed by atoms with Crippen molar-refractivity contribution >= 4 is 5.97 Å². The molecule has 0 saturated carbocycles. The molecule has 15 heavy (non-hydrogen) atoms. The van der Waals surface area contributed by atoms with Crippen molar-refractivity contribution in [1.29, 1.82) is 0 Å². The molecule has 0 heterocycles. The van der Waals surface area contributed by atoms with Crippen LogP contribution in [0.4, 0.5) is 8.78 Å². The molecule has 0 atom stereocenters. The first-order valence-corrected chi connectivity index (χ1v) is 4.21. The lowest BCUT2D eigenvalue weighted by Crippen LogP contribution is -2.20. The minimum atomic E-state index is -3.32. The third kappa shape index (κ3) is 2.90. The maximum absolute atomic E-state index is 12.6. The first kappa shape index (κ1) is 11.4. The second kappa shape index (κ2) is 3.84. The second-order valence-corrected chi connectivity index (χ2v) is 3.14. The van der Waals surface area contributed by atoms with Crippen LogP contribution in [0.15, 0.2) is 18.2 Å². The van der Waals surface area contributed by atoms with Crippen LogP contribution in [0.1, 0.15) is 22.8 Å². The van der Waals surface area contributed by atoms with Gasteiger partial charge in [-0.15, -0.1) is 0 Å². The van der Waals surface area contributed by atoms with Gasteiger partial charge in [0.2, 0.25) is 0 Å². The molecule has 1 rings (SSSR count). The van der Waals surface area contributed by atoms with E-state index in [1.54, 1.807) is 0 Å². The van der Waals surface area contributed by atoms with Gasteiger partial charge < -0.3 is 9.84 Å². The molecule has 0 unspecified atom stereocenters. The summed E-state index contributed by atoms with van der Waals surface area (Å²) in [5.41, 5.74) is 0.142. The summed E-state index contributed by atoms with van der Waals surface area (Å²) in [4.78, 5) is 10.7. The summed E-state index contributed by atoms with van der Waals surface area (Å²) in [6, 6.07) is 4.00. The Kier molecular flexibility index (Phi) is 2.93. The predicted octanol–water partition coefficient (Wildman–Crippen LogP) is 2.68. The number of ether oxygens (including phenoxy) is 1. The Bertz CT molecular complexity index is 383. The lowest BCUT2D eigenvalue weighted by atomic mass is 10.1. The van der Waals surface area contributed by atoms with E-state index in [9.17, 15) is 13.6 Å². The first-order chi connectivity index (χ1) is 6.81. The molecule has 0 saturated heterocycles. The van der Waals surface area contributed by atoms with Crippen molar-refractivity contribution in [3.05, 3.63) is 29.3 Å². The molecular weight excluding hydrogens is 206 g/mol. The Morgan fingerprint density at radius 2 is 2.07 bits per heavy atom. The molecule has 0 spiro atoms. The number of rotatable bonds is 3. The average molecular weight is 216 g/mol. The molecule has 1 aromatic rings. The smallest absolute Gasteiger partial charge is 0.394 e. The maximum Gasteiger partial charge on any atom is 0.394 e. The van der Waals surface area contributed by atoms with Crippen LogP contribution in [0.25, 0.3) is 0 Å². The third-order valence-corrected chi connectivity index (χ3v) is 1.80. The van der Waals surface area contributed by atoms with Gasteiger partial charge in [-0.1, -0.05) is 6.07 Å². The highest BCUT2D eigenvalue weighted by Crippen LogP contribution is 2.26. The lowest BCUT2D eigenvalue weighted by Gasteiger charge is -2.15. The number of carboxylic acids is 1. The van der Waals surface area contributed by atoms with E-state index in [-0.39, 0.29) is 16.9 Å². The average Bonchev–Trinajstić information content (AvgIpc) is 2.05. The summed E-state index contributed by atoms with van der Waals surface area (Å²) in [5, 5.41) is 8.75. The van der Waals surface area contributed by atoms with E-state index in [1.165, 1.54) is 25.1 Å². The number of alkyl halides is 2. The minimum absolute atomic E-state index is 0.0447. The number of halogens is 2. The van der Waals surface area contributed by atoms with Crippen LogP contribution in [-0.2, 0) is 0 Å². The summed E-state index contributed by atoms with van der Waals surface area (Å²) in [7, 11) is 0. The second-order valence-electron chi connectivity index (χ2n) is 3.14. The summed E-state index contributed by atoms with van der Waals surface area (Å²) < 4.78 is 29.4. The number of carboxylic acid groups (broad SMARTS) is 1. The lowest BCUT2D eigenvalue weighted by molar-refractivity contribution is -0.159. The van der Waals surface area contributed by atoms with Gasteiger partial charge in [0, 0.05) is 12.5 Å². The van der Waals surface area contributed by atoms with Gasteiger partial charge in [0.1, 0.15) is 5.75 Å². The van der Waals surface area contributed by atoms with Crippen LogP contribution >= 0.6 is 0 Å². The fourth-order valence-electron chi connectivity index (χ4n) is 1.15. The Balaban J connectivity index is 3.10. The van der Waals surface area contributed by atoms with Crippen molar-refractivity contribution in [2.45, 2.75) is 20.0 Å². The number of hydrogen-bond donors (Lipinski definition) is 1. The molecule has 5 heteroatoms. The molecular formula is C10H10F2O3. The van der Waals surface area contributed by atoms with Gasteiger partial charge in [-0.25, -0.2) is 4.79 Å². The molecule has 0 fully saturated rings. The van der Waals surface area contributed by atoms with Crippen LogP contribution in [-0.4, -0.2) is 17.2 Å². The van der Waals surface area contributed by atoms with E-state index in [1.807, 2.05) is 0 Å². The molecule has 0 amide bonds. The number of benzene rings is 1. The van der Waals surface area contributed by atoms with Gasteiger partial charge in [0.25, 0.3) is 0 Å². The number of carbonyl (C=O) groups is 1. The van der Waals surface area contributed by atoms with Crippen molar-refractivity contribution in [3.63, 3.8) is 0 Å². The van der Waals surface area contributed by atoms with E-state index >= 15 is 0 Å². The van der Waals surface area contributed by atoms with Gasteiger partial charge in [0.05, 0.1) is 5.56 Å². The molecule has 0 radical (unpaired) electrons. The third-order valence-electron chi connectivity index (χ3n) is 1.80. The van der Waals surface area contributed by atoms with E-state index < -0.39 is 12.1 Å². The summed E-state index contributed by atoms with van der Waals surface area (Å²) in [6.07, 6.45) is -3.32. The zero-order valence-corrected chi connectivity index (χ0v) is 8.25. The summed E-state index contributed by atoms with van der Waals surface area (Å²) in [5.74, 6) is -1.29. The van der Waals surface area contributed by atoms with Gasteiger partial charge in [-0.3, -0.25) is 0 Å². The molecule has 1 N–H and O–H groups in total. The van der Waals surface area contributed by atoms with Crippen LogP contribution in [0, 0.1) is 6.92 Å². The van der Waals surface area contributed by atoms with Crippen LogP contribution < -0.4 is 4.74 Å². The molecule has 0 aliphatic carbocycles. The van der Waals surface area contributed by atoms with Crippen molar-refractivity contribution in [2.75, 3.05) is 0 Å². The van der Waals surface area contributed by atoms with Gasteiger partial charge in [-0.05, 0) is 19.1 Å². The maximum atomic E-state index is 12.6. The summed E-state index contributed by atoms with van der Waals surface area (Å²) >= 11 is 0. The summed E-state index contributed by atoms with van der Waals surface area (Å²) in [6.45, 7) is 2.02. The highest BCUT2D eigenvalue weighted by Gasteiger charge is 2.25. The molecule has 0 bridgehead atoms. The largest absolute Gasteiger partial charge is 0.478 e. The van der Waals surface area contributed by atoms with E-state index in [4.69, 9.17) is 5.11 Å². The molecule has 82 valence electrons. The zero-order chi connectivity index (χ0) is 11.6. The normalized spacial score (nSPS) is 11.2. The fraction of sp³-hybridized carbons (Fsp3) is 0.300. The van der Waals surface area contributed by atoms with Crippen LogP contribution in [0.5, 0.6) is 5.75 Å². The van der Waals surface area contributed by atoms with Crippen molar-refractivity contribution in [2.24, 2.45) is 0 Å². The van der Waals surface area contributed by atoms with E-state index in [0.29, 0.717) is 6.92 Å². The van der Waals surface area contributed by atoms with E-state index in [0.717, 1.165) is 0 Å². The zero-order valence-electron chi connectivity index (χ0n) is 8.25. The molecule has 3 nitrogen and oxygen atoms in total. The molecule has 0 aliphatic heterocycles. The Labute approximate surface area is 85.3 Å². The molecule has 1 aromatic carbocycles. The number of hydrogen-bond acceptors (Lipinski definition) is 2. The molecule has 0 aromatic heterocycles. The van der Waals surface area contributed by atoms with Crippen LogP contribution in [0.2, 0.25) is 0 Å². The van der Waals surface area contributed by atoms with Crippen LogP contribution in [0.3, 0.4) is 0 Å².